The van der Waals surface area contributed by atoms with Gasteiger partial charge in [0.25, 0.3) is 0 Å². The Balaban J connectivity index is 2.01. The van der Waals surface area contributed by atoms with Gasteiger partial charge in [-0.1, -0.05) is 46.9 Å². The van der Waals surface area contributed by atoms with Gasteiger partial charge in [0.15, 0.2) is 11.6 Å². The summed E-state index contributed by atoms with van der Waals surface area (Å²) in [5.74, 6) is -0.497. The number of methoxy groups -OCH3 is 1. The molecule has 2 heterocycles. The number of nitrogens with one attached hydrogen (secondary N) is 1. The largest absolute Gasteiger partial charge is 0.504 e. The molecule has 2 aromatic heterocycles. The number of hydrogen-bond acceptors (Lipinski definition) is 4. The molecule has 0 aliphatic rings. The summed E-state index contributed by atoms with van der Waals surface area (Å²) in [7, 11) is 1.48. The van der Waals surface area contributed by atoms with E-state index in [0.717, 1.165) is 0 Å². The van der Waals surface area contributed by atoms with Crippen LogP contribution in [0.15, 0.2) is 49.0 Å². The van der Waals surface area contributed by atoms with Gasteiger partial charge in [-0.15, -0.1) is 0 Å². The van der Waals surface area contributed by atoms with E-state index >= 15 is 0 Å². The van der Waals surface area contributed by atoms with Gasteiger partial charge in [-0.25, -0.2) is 14.4 Å². The van der Waals surface area contributed by atoms with Crippen LogP contribution >= 0.6 is 34.8 Å². The van der Waals surface area contributed by atoms with Crippen LogP contribution in [0.3, 0.4) is 0 Å². The maximum Gasteiger partial charge on any atom is 0.173 e. The summed E-state index contributed by atoms with van der Waals surface area (Å²) in [6.45, 7) is 0. The smallest absolute Gasteiger partial charge is 0.173 e. The van der Waals surface area contributed by atoms with Crippen molar-refractivity contribution in [3.8, 4) is 11.1 Å². The van der Waals surface area contributed by atoms with Crippen molar-refractivity contribution in [2.45, 2.75) is 0 Å². The van der Waals surface area contributed by atoms with Gasteiger partial charge in [0, 0.05) is 29.1 Å². The average Bonchev–Trinajstić information content (AvgIpc) is 2.66. The maximum absolute atomic E-state index is 14.6. The number of pyridine rings is 2. The topological polar surface area (TPSA) is 47.0 Å². The van der Waals surface area contributed by atoms with Crippen LogP contribution in [-0.2, 0) is 4.74 Å². The van der Waals surface area contributed by atoms with Gasteiger partial charge >= 0.3 is 0 Å². The molecule has 0 aliphatic heterocycles. The highest BCUT2D eigenvalue weighted by atomic mass is 35.5. The van der Waals surface area contributed by atoms with Crippen LogP contribution in [0.25, 0.3) is 17.2 Å². The Morgan fingerprint density at radius 3 is 2.52 bits per heavy atom. The molecule has 0 bridgehead atoms. The average molecular weight is 425 g/mol. The molecule has 4 nitrogen and oxygen atoms in total. The monoisotopic (exact) mass is 423 g/mol. The lowest BCUT2D eigenvalue weighted by Gasteiger charge is -2.13. The summed E-state index contributed by atoms with van der Waals surface area (Å²) in [4.78, 5) is 7.97. The van der Waals surface area contributed by atoms with Crippen LogP contribution in [0, 0.1) is 5.82 Å². The van der Waals surface area contributed by atoms with Crippen molar-refractivity contribution in [3.63, 3.8) is 0 Å². The zero-order valence-corrected chi connectivity index (χ0v) is 16.3. The SMILES string of the molecule is COC=Cc1ccnc(Nc2cccc(-c3ccnc(Cl)c3Cl)c2Cl)c1F. The van der Waals surface area contributed by atoms with E-state index in [1.807, 2.05) is 0 Å². The quantitative estimate of drug-likeness (QED) is 0.370. The lowest BCUT2D eigenvalue weighted by Crippen LogP contribution is -2.00. The summed E-state index contributed by atoms with van der Waals surface area (Å²) in [6.07, 6.45) is 5.90. The Morgan fingerprint density at radius 1 is 1.00 bits per heavy atom. The van der Waals surface area contributed by atoms with E-state index in [2.05, 4.69) is 15.3 Å². The Hall–Kier alpha value is -2.34. The second-order valence-corrected chi connectivity index (χ2v) is 6.47. The van der Waals surface area contributed by atoms with Crippen LogP contribution in [0.4, 0.5) is 15.9 Å². The van der Waals surface area contributed by atoms with Crippen LogP contribution < -0.4 is 5.32 Å². The van der Waals surface area contributed by atoms with Crippen molar-refractivity contribution in [2.24, 2.45) is 0 Å². The molecule has 0 fully saturated rings. The van der Waals surface area contributed by atoms with Crippen molar-refractivity contribution in [3.05, 3.63) is 75.6 Å². The second-order valence-electron chi connectivity index (χ2n) is 5.36. The molecule has 0 amide bonds. The van der Waals surface area contributed by atoms with Crippen molar-refractivity contribution in [2.75, 3.05) is 12.4 Å². The number of benzene rings is 1. The normalized spacial score (nSPS) is 11.0. The van der Waals surface area contributed by atoms with Crippen molar-refractivity contribution in [1.29, 1.82) is 0 Å². The summed E-state index contributed by atoms with van der Waals surface area (Å²) in [5, 5.41) is 3.73. The van der Waals surface area contributed by atoms with E-state index in [-0.39, 0.29) is 16.0 Å². The first-order valence-corrected chi connectivity index (χ1v) is 8.86. The van der Waals surface area contributed by atoms with Gasteiger partial charge in [-0.05, 0) is 24.3 Å². The third-order valence-corrected chi connectivity index (χ3v) is 4.86. The van der Waals surface area contributed by atoms with Gasteiger partial charge in [0.2, 0.25) is 0 Å². The van der Waals surface area contributed by atoms with E-state index in [1.165, 1.54) is 37.9 Å². The number of halogens is 4. The third-order valence-electron chi connectivity index (χ3n) is 3.69. The van der Waals surface area contributed by atoms with Crippen LogP contribution in [-0.4, -0.2) is 17.1 Å². The van der Waals surface area contributed by atoms with Crippen molar-refractivity contribution < 1.29 is 9.13 Å². The van der Waals surface area contributed by atoms with Crippen molar-refractivity contribution in [1.82, 2.24) is 9.97 Å². The van der Waals surface area contributed by atoms with Gasteiger partial charge in [-0.3, -0.25) is 0 Å². The molecule has 0 saturated heterocycles. The number of rotatable bonds is 5. The summed E-state index contributed by atoms with van der Waals surface area (Å²) < 4.78 is 19.5. The standard InChI is InChI=1S/C19H13Cl3FN3O/c1-27-10-7-11-5-8-25-19(17(11)23)26-14-4-2-3-12(15(14)20)13-6-9-24-18(22)16(13)21/h2-10H,1H3,(H,25,26). The first-order chi connectivity index (χ1) is 13.0. The number of hydrogen-bond donors (Lipinski definition) is 1. The van der Waals surface area contributed by atoms with E-state index in [4.69, 9.17) is 39.5 Å². The maximum atomic E-state index is 14.6. The molecule has 0 aliphatic carbocycles. The Bertz CT molecular complexity index is 1010. The molecule has 0 saturated carbocycles. The van der Waals surface area contributed by atoms with Gasteiger partial charge in [0.1, 0.15) is 5.15 Å². The highest BCUT2D eigenvalue weighted by Gasteiger charge is 2.15. The first kappa shape index (κ1) is 19.4. The molecule has 27 heavy (non-hydrogen) atoms. The highest BCUT2D eigenvalue weighted by molar-refractivity contribution is 6.43. The third kappa shape index (κ3) is 4.16. The molecule has 0 atom stereocenters. The minimum atomic E-state index is -0.530. The molecule has 0 radical (unpaired) electrons. The van der Waals surface area contributed by atoms with E-state index in [0.29, 0.717) is 27.4 Å². The molecule has 8 heteroatoms. The fraction of sp³-hybridized carbons (Fsp3) is 0.0526. The fourth-order valence-electron chi connectivity index (χ4n) is 2.41. The molecular weight excluding hydrogens is 412 g/mol. The lowest BCUT2D eigenvalue weighted by atomic mass is 10.1. The van der Waals surface area contributed by atoms with Crippen molar-refractivity contribution >= 4 is 52.4 Å². The molecule has 1 N–H and O–H groups in total. The lowest BCUT2D eigenvalue weighted by molar-refractivity contribution is 0.341. The Morgan fingerprint density at radius 2 is 1.74 bits per heavy atom. The minimum Gasteiger partial charge on any atom is -0.504 e. The fourth-order valence-corrected chi connectivity index (χ4v) is 3.05. The number of aromatic nitrogens is 2. The number of ether oxygens (including phenoxy) is 1. The molecule has 3 aromatic rings. The van der Waals surface area contributed by atoms with E-state index in [1.54, 1.807) is 24.3 Å². The van der Waals surface area contributed by atoms with Gasteiger partial charge < -0.3 is 10.1 Å². The molecular formula is C19H13Cl3FN3O. The number of nitrogens with zero attached hydrogens (tertiary/aromatic N) is 2. The minimum absolute atomic E-state index is 0.0335. The predicted molar refractivity (Wildman–Crippen MR) is 108 cm³/mol. The van der Waals surface area contributed by atoms with Gasteiger partial charge in [0.05, 0.1) is 29.1 Å². The van der Waals surface area contributed by atoms with Crippen LogP contribution in [0.5, 0.6) is 0 Å². The van der Waals surface area contributed by atoms with E-state index in [9.17, 15) is 4.39 Å². The zero-order valence-electron chi connectivity index (χ0n) is 14.0. The summed E-state index contributed by atoms with van der Waals surface area (Å²) >= 11 is 18.8. The summed E-state index contributed by atoms with van der Waals surface area (Å²) in [6, 6.07) is 8.50. The summed E-state index contributed by atoms with van der Waals surface area (Å²) in [5.41, 5.74) is 2.05. The first-order valence-electron chi connectivity index (χ1n) is 7.72. The van der Waals surface area contributed by atoms with Crippen LogP contribution in [0.2, 0.25) is 15.2 Å². The van der Waals surface area contributed by atoms with E-state index < -0.39 is 5.82 Å². The van der Waals surface area contributed by atoms with Gasteiger partial charge in [-0.2, -0.15) is 0 Å². The number of anilines is 2. The molecule has 1 aromatic carbocycles. The zero-order chi connectivity index (χ0) is 19.4. The second kappa shape index (κ2) is 8.57. The predicted octanol–water partition coefficient (Wildman–Crippen LogP) is 6.60. The molecule has 0 unspecified atom stereocenters. The molecule has 138 valence electrons. The highest BCUT2D eigenvalue weighted by Crippen LogP contribution is 2.39. The molecule has 3 rings (SSSR count). The van der Waals surface area contributed by atoms with Crippen LogP contribution in [0.1, 0.15) is 5.56 Å². The molecule has 0 spiro atoms. The Kier molecular flexibility index (Phi) is 6.16. The Labute approximate surface area is 170 Å².